The van der Waals surface area contributed by atoms with Crippen LogP contribution in [0.15, 0.2) is 48.3 Å². The number of rotatable bonds is 5. The minimum Gasteiger partial charge on any atom is -0.477 e. The lowest BCUT2D eigenvalue weighted by Gasteiger charge is -2.56. The molecule has 0 amide bonds. The zero-order valence-electron chi connectivity index (χ0n) is 16.1. The number of hydrogen-bond donors (Lipinski definition) is 0. The lowest BCUT2D eigenvalue weighted by atomic mass is 9.48. The second-order valence-electron chi connectivity index (χ2n) is 8.39. The van der Waals surface area contributed by atoms with Gasteiger partial charge < -0.3 is 4.74 Å². The van der Waals surface area contributed by atoms with E-state index in [9.17, 15) is 0 Å². The highest BCUT2D eigenvalue weighted by atomic mass is 35.5. The van der Waals surface area contributed by atoms with Crippen molar-refractivity contribution in [2.75, 3.05) is 6.61 Å². The van der Waals surface area contributed by atoms with Gasteiger partial charge >= 0.3 is 0 Å². The Kier molecular flexibility index (Phi) is 4.16. The molecule has 2 bridgehead atoms. The summed E-state index contributed by atoms with van der Waals surface area (Å²) >= 11 is 6.02. The van der Waals surface area contributed by atoms with Gasteiger partial charge in [0.15, 0.2) is 11.5 Å². The Balaban J connectivity index is 1.37. The largest absolute Gasteiger partial charge is 0.477 e. The van der Waals surface area contributed by atoms with E-state index in [1.54, 1.807) is 18.0 Å². The molecule has 0 N–H and O–H groups in total. The van der Waals surface area contributed by atoms with E-state index in [2.05, 4.69) is 35.1 Å². The molecule has 144 valence electrons. The zero-order valence-corrected chi connectivity index (χ0v) is 16.9. The standard InChI is InChI=1S/C22H23ClN4O/c1-22(2)16-6-3-14(18(22)11-16)9-10-28-20-13-24-12-19-25-26-21(27(19)20)15-4-7-17(23)8-5-15/h3-5,7-8,12-13,16,18H,6,9-11H2,1-2H3/t16-,18-/m0/s1. The van der Waals surface area contributed by atoms with E-state index in [4.69, 9.17) is 16.3 Å². The number of aromatic nitrogens is 4. The van der Waals surface area contributed by atoms with Crippen molar-refractivity contribution in [3.63, 3.8) is 0 Å². The van der Waals surface area contributed by atoms with Crippen molar-refractivity contribution in [1.29, 1.82) is 0 Å². The molecule has 0 unspecified atom stereocenters. The average molecular weight is 395 g/mol. The Labute approximate surface area is 169 Å². The van der Waals surface area contributed by atoms with E-state index >= 15 is 0 Å². The second kappa shape index (κ2) is 6.59. The van der Waals surface area contributed by atoms with Crippen LogP contribution < -0.4 is 4.74 Å². The lowest BCUT2D eigenvalue weighted by molar-refractivity contribution is -0.00922. The van der Waals surface area contributed by atoms with Crippen molar-refractivity contribution < 1.29 is 4.74 Å². The highest BCUT2D eigenvalue weighted by molar-refractivity contribution is 6.30. The van der Waals surface area contributed by atoms with E-state index in [-0.39, 0.29) is 0 Å². The predicted octanol–water partition coefficient (Wildman–Crippen LogP) is 5.21. The molecule has 1 saturated carbocycles. The van der Waals surface area contributed by atoms with Crippen molar-refractivity contribution in [2.45, 2.75) is 33.1 Å². The summed E-state index contributed by atoms with van der Waals surface area (Å²) in [4.78, 5) is 4.26. The van der Waals surface area contributed by atoms with Gasteiger partial charge in [0.2, 0.25) is 5.88 Å². The number of fused-ring (bicyclic) bond motifs is 2. The molecule has 1 aromatic carbocycles. The van der Waals surface area contributed by atoms with Gasteiger partial charge in [-0.05, 0) is 54.4 Å². The van der Waals surface area contributed by atoms with Crippen LogP contribution in [0.2, 0.25) is 5.02 Å². The first-order chi connectivity index (χ1) is 13.5. The summed E-state index contributed by atoms with van der Waals surface area (Å²) in [6, 6.07) is 7.57. The topological polar surface area (TPSA) is 52.3 Å². The van der Waals surface area contributed by atoms with Gasteiger partial charge in [0.05, 0.1) is 19.0 Å². The van der Waals surface area contributed by atoms with Crippen LogP contribution in [0.3, 0.4) is 0 Å². The number of nitrogens with zero attached hydrogens (tertiary/aromatic N) is 4. The molecule has 6 rings (SSSR count). The van der Waals surface area contributed by atoms with Crippen LogP contribution in [0.5, 0.6) is 5.88 Å². The van der Waals surface area contributed by atoms with E-state index in [1.807, 2.05) is 28.7 Å². The summed E-state index contributed by atoms with van der Waals surface area (Å²) in [7, 11) is 0. The van der Waals surface area contributed by atoms with Crippen LogP contribution in [0, 0.1) is 17.3 Å². The first-order valence-corrected chi connectivity index (χ1v) is 10.2. The zero-order chi connectivity index (χ0) is 19.3. The molecule has 5 nitrogen and oxygen atoms in total. The van der Waals surface area contributed by atoms with Crippen molar-refractivity contribution in [3.05, 3.63) is 53.3 Å². The van der Waals surface area contributed by atoms with Gasteiger partial charge in [-0.2, -0.15) is 0 Å². The third kappa shape index (κ3) is 2.80. The number of ether oxygens (including phenoxy) is 1. The van der Waals surface area contributed by atoms with Crippen molar-refractivity contribution >= 4 is 17.2 Å². The Bertz CT molecular complexity index is 1050. The normalized spacial score (nSPS) is 22.6. The fourth-order valence-corrected chi connectivity index (χ4v) is 4.87. The molecule has 2 aromatic heterocycles. The molecule has 0 radical (unpaired) electrons. The summed E-state index contributed by atoms with van der Waals surface area (Å²) < 4.78 is 8.07. The molecular formula is C22H23ClN4O. The monoisotopic (exact) mass is 394 g/mol. The van der Waals surface area contributed by atoms with Gasteiger partial charge in [-0.25, -0.2) is 4.40 Å². The predicted molar refractivity (Wildman–Crippen MR) is 109 cm³/mol. The molecule has 0 spiro atoms. The van der Waals surface area contributed by atoms with Crippen LogP contribution in [-0.2, 0) is 0 Å². The number of allylic oxidation sites excluding steroid dienone is 1. The van der Waals surface area contributed by atoms with Gasteiger partial charge in [0, 0.05) is 17.0 Å². The molecule has 6 heteroatoms. The minimum absolute atomic E-state index is 0.446. The first kappa shape index (κ1) is 17.7. The fraction of sp³-hybridized carbons (Fsp3) is 0.409. The number of benzene rings is 1. The van der Waals surface area contributed by atoms with E-state index < -0.39 is 0 Å². The highest BCUT2D eigenvalue weighted by Crippen LogP contribution is 2.59. The summed E-state index contributed by atoms with van der Waals surface area (Å²) in [5.41, 5.74) is 3.60. The van der Waals surface area contributed by atoms with Gasteiger partial charge in [0.25, 0.3) is 0 Å². The van der Waals surface area contributed by atoms with Gasteiger partial charge in [-0.1, -0.05) is 37.1 Å². The molecule has 3 aliphatic carbocycles. The second-order valence-corrected chi connectivity index (χ2v) is 8.83. The molecule has 3 aliphatic rings. The molecule has 2 atom stereocenters. The van der Waals surface area contributed by atoms with Crippen LogP contribution in [0.1, 0.15) is 33.1 Å². The Hall–Kier alpha value is -2.40. The Morgan fingerprint density at radius 2 is 2.00 bits per heavy atom. The lowest BCUT2D eigenvalue weighted by Crippen LogP contribution is -2.48. The van der Waals surface area contributed by atoms with E-state index in [0.717, 1.165) is 23.7 Å². The third-order valence-electron chi connectivity index (χ3n) is 6.61. The molecule has 2 heterocycles. The Morgan fingerprint density at radius 1 is 1.18 bits per heavy atom. The fourth-order valence-electron chi connectivity index (χ4n) is 4.74. The van der Waals surface area contributed by atoms with Crippen LogP contribution in [0.25, 0.3) is 17.0 Å². The van der Waals surface area contributed by atoms with Crippen molar-refractivity contribution in [1.82, 2.24) is 19.6 Å². The molecule has 0 saturated heterocycles. The summed E-state index contributed by atoms with van der Waals surface area (Å²) in [5, 5.41) is 9.26. The van der Waals surface area contributed by atoms with Crippen molar-refractivity contribution in [3.8, 4) is 17.3 Å². The number of hydrogen-bond acceptors (Lipinski definition) is 4. The number of halogens is 1. The van der Waals surface area contributed by atoms with Gasteiger partial charge in [-0.15, -0.1) is 10.2 Å². The van der Waals surface area contributed by atoms with E-state index in [1.165, 1.54) is 12.8 Å². The summed E-state index contributed by atoms with van der Waals surface area (Å²) in [6.45, 7) is 5.43. The first-order valence-electron chi connectivity index (χ1n) is 9.81. The molecule has 28 heavy (non-hydrogen) atoms. The minimum atomic E-state index is 0.446. The van der Waals surface area contributed by atoms with Gasteiger partial charge in [0.1, 0.15) is 0 Å². The third-order valence-corrected chi connectivity index (χ3v) is 6.86. The van der Waals surface area contributed by atoms with Crippen molar-refractivity contribution in [2.24, 2.45) is 17.3 Å². The highest BCUT2D eigenvalue weighted by Gasteiger charge is 2.50. The Morgan fingerprint density at radius 3 is 2.75 bits per heavy atom. The quantitative estimate of drug-likeness (QED) is 0.557. The average Bonchev–Trinajstić information content (AvgIpc) is 3.13. The molecule has 0 aliphatic heterocycles. The maximum atomic E-state index is 6.15. The summed E-state index contributed by atoms with van der Waals surface area (Å²) in [6.07, 6.45) is 9.36. The molecule has 3 aromatic rings. The summed E-state index contributed by atoms with van der Waals surface area (Å²) in [5.74, 6) is 2.96. The molecular weight excluding hydrogens is 372 g/mol. The van der Waals surface area contributed by atoms with Crippen LogP contribution in [-0.4, -0.2) is 26.2 Å². The van der Waals surface area contributed by atoms with Crippen LogP contribution in [0.4, 0.5) is 0 Å². The maximum Gasteiger partial charge on any atom is 0.220 e. The molecule has 1 fully saturated rings. The maximum absolute atomic E-state index is 6.15. The van der Waals surface area contributed by atoms with Gasteiger partial charge in [-0.3, -0.25) is 4.98 Å². The smallest absolute Gasteiger partial charge is 0.220 e. The van der Waals surface area contributed by atoms with E-state index in [0.29, 0.717) is 34.5 Å². The SMILES string of the molecule is CC1(C)[C@H]2CC=C(CCOc3cncc4nnc(-c5ccc(Cl)cc5)n34)[C@@H]1C2. The van der Waals surface area contributed by atoms with Crippen LogP contribution >= 0.6 is 11.6 Å².